The number of carbonyl (C=O) groups is 1. The summed E-state index contributed by atoms with van der Waals surface area (Å²) in [5.74, 6) is -1.74. The molecule has 0 aliphatic carbocycles. The number of nitrogens with one attached hydrogen (secondary N) is 1. The van der Waals surface area contributed by atoms with Crippen molar-refractivity contribution in [2.45, 2.75) is 39.7 Å². The Morgan fingerprint density at radius 1 is 1.17 bits per heavy atom. The number of benzene rings is 1. The third kappa shape index (κ3) is 4.43. The van der Waals surface area contributed by atoms with E-state index in [4.69, 9.17) is 0 Å². The Hall–Kier alpha value is -1.45. The number of rotatable bonds is 5. The smallest absolute Gasteiger partial charge is 0.251 e. The maximum Gasteiger partial charge on any atom is 0.251 e. The first-order chi connectivity index (χ1) is 8.40. The molecule has 1 atom stereocenters. The van der Waals surface area contributed by atoms with Crippen molar-refractivity contribution in [3.8, 4) is 0 Å². The Balaban J connectivity index is 2.56. The number of amides is 1. The second-order valence-electron chi connectivity index (χ2n) is 4.97. The fourth-order valence-corrected chi connectivity index (χ4v) is 1.60. The van der Waals surface area contributed by atoms with Gasteiger partial charge in [0.05, 0.1) is 0 Å². The molecule has 0 spiro atoms. The Morgan fingerprint density at radius 3 is 2.39 bits per heavy atom. The van der Waals surface area contributed by atoms with Crippen LogP contribution in [0.2, 0.25) is 0 Å². The van der Waals surface area contributed by atoms with E-state index in [0.29, 0.717) is 5.92 Å². The molecule has 18 heavy (non-hydrogen) atoms. The standard InChI is InChI=1S/C14H19F2NO/c1-9(2)4-5-10(3)17-14(18)11-6-7-12(15)13(16)8-11/h6-10H,4-5H2,1-3H3,(H,17,18). The summed E-state index contributed by atoms with van der Waals surface area (Å²) in [7, 11) is 0. The lowest BCUT2D eigenvalue weighted by molar-refractivity contribution is 0.0936. The van der Waals surface area contributed by atoms with Crippen LogP contribution in [0.25, 0.3) is 0 Å². The maximum atomic E-state index is 13.0. The molecule has 1 unspecified atom stereocenters. The predicted octanol–water partition coefficient (Wildman–Crippen LogP) is 3.52. The van der Waals surface area contributed by atoms with Crippen LogP contribution in [0.5, 0.6) is 0 Å². The molecular weight excluding hydrogens is 236 g/mol. The summed E-state index contributed by atoms with van der Waals surface area (Å²) in [6.07, 6.45) is 1.88. The molecule has 1 aromatic rings. The van der Waals surface area contributed by atoms with Crippen LogP contribution in [0.4, 0.5) is 8.78 Å². The third-order valence-corrected chi connectivity index (χ3v) is 2.74. The Labute approximate surface area is 106 Å². The number of halogens is 2. The highest BCUT2D eigenvalue weighted by atomic mass is 19.2. The molecule has 0 radical (unpaired) electrons. The molecule has 0 fully saturated rings. The van der Waals surface area contributed by atoms with Crippen LogP contribution in [0, 0.1) is 17.6 Å². The lowest BCUT2D eigenvalue weighted by Gasteiger charge is -2.15. The normalized spacial score (nSPS) is 12.6. The van der Waals surface area contributed by atoms with Gasteiger partial charge < -0.3 is 5.32 Å². The number of hydrogen-bond donors (Lipinski definition) is 1. The fraction of sp³-hybridized carbons (Fsp3) is 0.500. The molecule has 0 saturated carbocycles. The van der Waals surface area contributed by atoms with Crippen LogP contribution in [-0.4, -0.2) is 11.9 Å². The first-order valence-corrected chi connectivity index (χ1v) is 6.16. The summed E-state index contributed by atoms with van der Waals surface area (Å²) in [6.45, 7) is 6.13. The highest BCUT2D eigenvalue weighted by Gasteiger charge is 2.12. The van der Waals surface area contributed by atoms with Gasteiger partial charge in [0.2, 0.25) is 0 Å². The molecule has 1 rings (SSSR count). The van der Waals surface area contributed by atoms with Gasteiger partial charge in [-0.1, -0.05) is 13.8 Å². The minimum atomic E-state index is -1.00. The zero-order chi connectivity index (χ0) is 13.7. The van der Waals surface area contributed by atoms with Crippen LogP contribution in [0.15, 0.2) is 18.2 Å². The minimum absolute atomic E-state index is 0.0213. The summed E-state index contributed by atoms with van der Waals surface area (Å²) >= 11 is 0. The van der Waals surface area contributed by atoms with E-state index in [1.54, 1.807) is 0 Å². The van der Waals surface area contributed by atoms with Crippen molar-refractivity contribution in [1.29, 1.82) is 0 Å². The van der Waals surface area contributed by atoms with E-state index < -0.39 is 11.6 Å². The minimum Gasteiger partial charge on any atom is -0.350 e. The van der Waals surface area contributed by atoms with Gasteiger partial charge in [-0.2, -0.15) is 0 Å². The molecule has 2 nitrogen and oxygen atoms in total. The molecule has 1 amide bonds. The SMILES string of the molecule is CC(C)CCC(C)NC(=O)c1ccc(F)c(F)c1. The highest BCUT2D eigenvalue weighted by Crippen LogP contribution is 2.10. The second-order valence-corrected chi connectivity index (χ2v) is 4.97. The van der Waals surface area contributed by atoms with Gasteiger partial charge in [-0.3, -0.25) is 4.79 Å². The molecule has 1 N–H and O–H groups in total. The van der Waals surface area contributed by atoms with Gasteiger partial charge in [0.15, 0.2) is 11.6 Å². The lowest BCUT2D eigenvalue weighted by Crippen LogP contribution is -2.32. The maximum absolute atomic E-state index is 13.0. The summed E-state index contributed by atoms with van der Waals surface area (Å²) in [6, 6.07) is 3.18. The summed E-state index contributed by atoms with van der Waals surface area (Å²) in [4.78, 5) is 11.8. The van der Waals surface area contributed by atoms with E-state index in [2.05, 4.69) is 19.2 Å². The van der Waals surface area contributed by atoms with Gasteiger partial charge in [-0.15, -0.1) is 0 Å². The molecule has 0 heterocycles. The molecule has 1 aromatic carbocycles. The average molecular weight is 255 g/mol. The molecular formula is C14H19F2NO. The van der Waals surface area contributed by atoms with Gasteiger partial charge in [-0.25, -0.2) is 8.78 Å². The van der Waals surface area contributed by atoms with E-state index in [1.165, 1.54) is 6.07 Å². The van der Waals surface area contributed by atoms with E-state index >= 15 is 0 Å². The zero-order valence-electron chi connectivity index (χ0n) is 11.0. The van der Waals surface area contributed by atoms with Crippen molar-refractivity contribution in [3.63, 3.8) is 0 Å². The quantitative estimate of drug-likeness (QED) is 0.857. The molecule has 4 heteroatoms. The first-order valence-electron chi connectivity index (χ1n) is 6.16. The van der Waals surface area contributed by atoms with Crippen molar-refractivity contribution < 1.29 is 13.6 Å². The fourth-order valence-electron chi connectivity index (χ4n) is 1.60. The van der Waals surface area contributed by atoms with E-state index in [1.807, 2.05) is 6.92 Å². The van der Waals surface area contributed by atoms with Crippen molar-refractivity contribution in [2.24, 2.45) is 5.92 Å². The van der Waals surface area contributed by atoms with E-state index in [0.717, 1.165) is 25.0 Å². The third-order valence-electron chi connectivity index (χ3n) is 2.74. The zero-order valence-corrected chi connectivity index (χ0v) is 11.0. The predicted molar refractivity (Wildman–Crippen MR) is 67.4 cm³/mol. The topological polar surface area (TPSA) is 29.1 Å². The van der Waals surface area contributed by atoms with Crippen molar-refractivity contribution in [2.75, 3.05) is 0 Å². The summed E-state index contributed by atoms with van der Waals surface area (Å²) in [5, 5.41) is 2.77. The van der Waals surface area contributed by atoms with Crippen molar-refractivity contribution >= 4 is 5.91 Å². The van der Waals surface area contributed by atoms with Crippen molar-refractivity contribution in [1.82, 2.24) is 5.32 Å². The number of hydrogen-bond acceptors (Lipinski definition) is 1. The lowest BCUT2D eigenvalue weighted by atomic mass is 10.0. The monoisotopic (exact) mass is 255 g/mol. The highest BCUT2D eigenvalue weighted by molar-refractivity contribution is 5.94. The van der Waals surface area contributed by atoms with Crippen LogP contribution >= 0.6 is 0 Å². The molecule has 0 saturated heterocycles. The molecule has 100 valence electrons. The summed E-state index contributed by atoms with van der Waals surface area (Å²) < 4.78 is 25.7. The molecule has 0 aromatic heterocycles. The molecule has 0 aliphatic heterocycles. The van der Waals surface area contributed by atoms with Crippen LogP contribution < -0.4 is 5.32 Å². The Morgan fingerprint density at radius 2 is 1.83 bits per heavy atom. The Bertz CT molecular complexity index is 418. The van der Waals surface area contributed by atoms with Crippen LogP contribution in [-0.2, 0) is 0 Å². The second kappa shape index (κ2) is 6.47. The summed E-state index contributed by atoms with van der Waals surface area (Å²) in [5.41, 5.74) is 0.144. The average Bonchev–Trinajstić information content (AvgIpc) is 2.30. The van der Waals surface area contributed by atoms with Crippen LogP contribution in [0.3, 0.4) is 0 Å². The largest absolute Gasteiger partial charge is 0.350 e. The van der Waals surface area contributed by atoms with Gasteiger partial charge in [0, 0.05) is 11.6 Å². The van der Waals surface area contributed by atoms with Crippen molar-refractivity contribution in [3.05, 3.63) is 35.4 Å². The van der Waals surface area contributed by atoms with Crippen LogP contribution in [0.1, 0.15) is 44.0 Å². The van der Waals surface area contributed by atoms with Gasteiger partial charge in [0.25, 0.3) is 5.91 Å². The Kier molecular flexibility index (Phi) is 5.25. The van der Waals surface area contributed by atoms with Gasteiger partial charge in [-0.05, 0) is 43.9 Å². The molecule has 0 aliphatic rings. The van der Waals surface area contributed by atoms with Gasteiger partial charge >= 0.3 is 0 Å². The van der Waals surface area contributed by atoms with E-state index in [-0.39, 0.29) is 17.5 Å². The first kappa shape index (κ1) is 14.6. The van der Waals surface area contributed by atoms with E-state index in [9.17, 15) is 13.6 Å². The van der Waals surface area contributed by atoms with Gasteiger partial charge in [0.1, 0.15) is 0 Å². The molecule has 0 bridgehead atoms. The number of carbonyl (C=O) groups excluding carboxylic acids is 1.